The van der Waals surface area contributed by atoms with Crippen LogP contribution in [0, 0.1) is 0 Å². The Bertz CT molecular complexity index is 485. The SMILES string of the molecule is O=S(=O)(c1ccc(Cl)cc1)N(CCBr)C1CC1. The van der Waals surface area contributed by atoms with Gasteiger partial charge in [0.1, 0.15) is 0 Å². The first-order valence-corrected chi connectivity index (χ1v) is 8.33. The maximum Gasteiger partial charge on any atom is 0.243 e. The van der Waals surface area contributed by atoms with Crippen molar-refractivity contribution in [2.45, 2.75) is 23.8 Å². The van der Waals surface area contributed by atoms with E-state index in [9.17, 15) is 8.42 Å². The summed E-state index contributed by atoms with van der Waals surface area (Å²) in [6, 6.07) is 6.50. The number of sulfonamides is 1. The molecule has 1 aliphatic carbocycles. The fourth-order valence-corrected chi connectivity index (χ4v) is 4.12. The van der Waals surface area contributed by atoms with Crippen LogP contribution in [0.25, 0.3) is 0 Å². The predicted molar refractivity (Wildman–Crippen MR) is 72.2 cm³/mol. The van der Waals surface area contributed by atoms with E-state index < -0.39 is 10.0 Å². The van der Waals surface area contributed by atoms with Gasteiger partial charge in [-0.3, -0.25) is 0 Å². The lowest BCUT2D eigenvalue weighted by molar-refractivity contribution is 0.424. The second-order valence-corrected chi connectivity index (χ2v) is 7.11. The van der Waals surface area contributed by atoms with Crippen molar-refractivity contribution in [2.24, 2.45) is 0 Å². The van der Waals surface area contributed by atoms with E-state index in [1.807, 2.05) is 0 Å². The number of alkyl halides is 1. The van der Waals surface area contributed by atoms with E-state index in [0.29, 0.717) is 21.8 Å². The summed E-state index contributed by atoms with van der Waals surface area (Å²) >= 11 is 9.06. The smallest absolute Gasteiger partial charge is 0.207 e. The van der Waals surface area contributed by atoms with Crippen LogP contribution in [0.3, 0.4) is 0 Å². The van der Waals surface area contributed by atoms with Crippen molar-refractivity contribution in [3.05, 3.63) is 29.3 Å². The summed E-state index contributed by atoms with van der Waals surface area (Å²) in [7, 11) is -3.37. The summed E-state index contributed by atoms with van der Waals surface area (Å²) < 4.78 is 26.3. The van der Waals surface area contributed by atoms with Gasteiger partial charge in [-0.05, 0) is 37.1 Å². The zero-order chi connectivity index (χ0) is 12.5. The third kappa shape index (κ3) is 3.02. The summed E-state index contributed by atoms with van der Waals surface area (Å²) in [5.41, 5.74) is 0. The Kier molecular flexibility index (Phi) is 4.13. The van der Waals surface area contributed by atoms with E-state index in [0.717, 1.165) is 12.8 Å². The molecule has 0 saturated heterocycles. The molecule has 1 fully saturated rings. The van der Waals surface area contributed by atoms with Gasteiger partial charge in [-0.1, -0.05) is 27.5 Å². The fraction of sp³-hybridized carbons (Fsp3) is 0.455. The summed E-state index contributed by atoms with van der Waals surface area (Å²) in [5, 5.41) is 1.19. The number of nitrogens with zero attached hydrogens (tertiary/aromatic N) is 1. The second kappa shape index (κ2) is 5.26. The minimum absolute atomic E-state index is 0.174. The van der Waals surface area contributed by atoms with Gasteiger partial charge >= 0.3 is 0 Å². The number of halogens is 2. The van der Waals surface area contributed by atoms with E-state index in [1.54, 1.807) is 28.6 Å². The average molecular weight is 339 g/mol. The zero-order valence-electron chi connectivity index (χ0n) is 9.14. The Hall–Kier alpha value is -0.100. The van der Waals surface area contributed by atoms with E-state index in [1.165, 1.54) is 0 Å². The monoisotopic (exact) mass is 337 g/mol. The van der Waals surface area contributed by atoms with Crippen molar-refractivity contribution in [3.8, 4) is 0 Å². The highest BCUT2D eigenvalue weighted by Crippen LogP contribution is 2.32. The molecule has 1 aromatic rings. The Labute approximate surface area is 115 Å². The van der Waals surface area contributed by atoms with Gasteiger partial charge in [0, 0.05) is 22.9 Å². The topological polar surface area (TPSA) is 37.4 Å². The first-order valence-electron chi connectivity index (χ1n) is 5.39. The van der Waals surface area contributed by atoms with Crippen LogP contribution in [0.5, 0.6) is 0 Å². The molecule has 1 aliphatic rings. The lowest BCUT2D eigenvalue weighted by atomic mass is 10.4. The molecule has 0 radical (unpaired) electrons. The van der Waals surface area contributed by atoms with Crippen molar-refractivity contribution in [1.82, 2.24) is 4.31 Å². The summed E-state index contributed by atoms with van der Waals surface area (Å²) in [6.45, 7) is 0.510. The zero-order valence-corrected chi connectivity index (χ0v) is 12.3. The maximum atomic E-state index is 12.4. The quantitative estimate of drug-likeness (QED) is 0.774. The van der Waals surface area contributed by atoms with Gasteiger partial charge in [0.25, 0.3) is 0 Å². The minimum Gasteiger partial charge on any atom is -0.207 e. The summed E-state index contributed by atoms with van der Waals surface area (Å²) in [5.74, 6) is 0. The summed E-state index contributed by atoms with van der Waals surface area (Å²) in [4.78, 5) is 0.315. The molecule has 0 N–H and O–H groups in total. The number of hydrogen-bond donors (Lipinski definition) is 0. The van der Waals surface area contributed by atoms with Gasteiger partial charge in [-0.15, -0.1) is 0 Å². The fourth-order valence-electron chi connectivity index (χ4n) is 1.69. The molecule has 0 unspecified atom stereocenters. The van der Waals surface area contributed by atoms with Crippen LogP contribution < -0.4 is 0 Å². The van der Waals surface area contributed by atoms with Crippen LogP contribution in [-0.2, 0) is 10.0 Å². The molecule has 0 amide bonds. The molecule has 1 aromatic carbocycles. The van der Waals surface area contributed by atoms with Gasteiger partial charge in [0.15, 0.2) is 0 Å². The first-order chi connectivity index (χ1) is 8.05. The molecular weight excluding hydrogens is 326 g/mol. The number of rotatable bonds is 5. The third-order valence-corrected chi connectivity index (χ3v) is 5.25. The van der Waals surface area contributed by atoms with Gasteiger partial charge in [-0.2, -0.15) is 4.31 Å². The number of benzene rings is 1. The molecule has 3 nitrogen and oxygen atoms in total. The highest BCUT2D eigenvalue weighted by Gasteiger charge is 2.37. The molecule has 6 heteroatoms. The third-order valence-electron chi connectivity index (χ3n) is 2.68. The van der Waals surface area contributed by atoms with Crippen molar-refractivity contribution in [3.63, 3.8) is 0 Å². The molecule has 17 heavy (non-hydrogen) atoms. The maximum absolute atomic E-state index is 12.4. The Morgan fingerprint density at radius 2 is 1.88 bits per heavy atom. The average Bonchev–Trinajstić information content (AvgIpc) is 3.10. The molecule has 0 bridgehead atoms. The Balaban J connectivity index is 2.30. The lowest BCUT2D eigenvalue weighted by Crippen LogP contribution is -2.34. The van der Waals surface area contributed by atoms with Crippen molar-refractivity contribution >= 4 is 37.6 Å². The lowest BCUT2D eigenvalue weighted by Gasteiger charge is -2.20. The predicted octanol–water partition coefficient (Wildman–Crippen LogP) is 2.89. The normalized spacial score (nSPS) is 16.4. The van der Waals surface area contributed by atoms with E-state index >= 15 is 0 Å². The molecule has 2 rings (SSSR count). The molecule has 1 saturated carbocycles. The minimum atomic E-state index is -3.37. The van der Waals surface area contributed by atoms with Crippen LogP contribution in [0.4, 0.5) is 0 Å². The molecule has 94 valence electrons. The molecule has 0 atom stereocenters. The second-order valence-electron chi connectivity index (χ2n) is 3.99. The number of hydrogen-bond acceptors (Lipinski definition) is 2. The summed E-state index contributed by atoms with van der Waals surface area (Å²) in [6.07, 6.45) is 1.92. The first kappa shape index (κ1) is 13.3. The van der Waals surface area contributed by atoms with Crippen molar-refractivity contribution in [2.75, 3.05) is 11.9 Å². The molecular formula is C11H13BrClNO2S. The molecule has 0 heterocycles. The van der Waals surface area contributed by atoms with Gasteiger partial charge in [0.05, 0.1) is 4.90 Å². The van der Waals surface area contributed by atoms with Crippen LogP contribution in [-0.4, -0.2) is 30.6 Å². The van der Waals surface area contributed by atoms with Crippen LogP contribution >= 0.6 is 27.5 Å². The molecule has 0 aliphatic heterocycles. The van der Waals surface area contributed by atoms with Crippen LogP contribution in [0.15, 0.2) is 29.2 Å². The highest BCUT2D eigenvalue weighted by molar-refractivity contribution is 9.09. The van der Waals surface area contributed by atoms with E-state index in [4.69, 9.17) is 11.6 Å². The van der Waals surface area contributed by atoms with E-state index in [-0.39, 0.29) is 6.04 Å². The van der Waals surface area contributed by atoms with Gasteiger partial charge in [-0.25, -0.2) is 8.42 Å². The van der Waals surface area contributed by atoms with Crippen LogP contribution in [0.1, 0.15) is 12.8 Å². The van der Waals surface area contributed by atoms with E-state index in [2.05, 4.69) is 15.9 Å². The van der Waals surface area contributed by atoms with Gasteiger partial charge < -0.3 is 0 Å². The Morgan fingerprint density at radius 1 is 1.29 bits per heavy atom. The molecule has 0 spiro atoms. The van der Waals surface area contributed by atoms with Gasteiger partial charge in [0.2, 0.25) is 10.0 Å². The Morgan fingerprint density at radius 3 is 2.35 bits per heavy atom. The highest BCUT2D eigenvalue weighted by atomic mass is 79.9. The molecule has 0 aromatic heterocycles. The standard InChI is InChI=1S/C11H13BrClNO2S/c12-7-8-14(10-3-4-10)17(15,16)11-5-1-9(13)2-6-11/h1-2,5-6,10H,3-4,7-8H2. The van der Waals surface area contributed by atoms with Crippen molar-refractivity contribution in [1.29, 1.82) is 0 Å². The van der Waals surface area contributed by atoms with Crippen molar-refractivity contribution < 1.29 is 8.42 Å². The largest absolute Gasteiger partial charge is 0.243 e. The van der Waals surface area contributed by atoms with Crippen LogP contribution in [0.2, 0.25) is 5.02 Å².